The van der Waals surface area contributed by atoms with Gasteiger partial charge in [-0.15, -0.1) is 0 Å². The average Bonchev–Trinajstić information content (AvgIpc) is 2.49. The Bertz CT molecular complexity index is 394. The summed E-state index contributed by atoms with van der Waals surface area (Å²) in [4.78, 5) is 9.29. The number of nitrogens with two attached hydrogens (primary N) is 1. The summed E-state index contributed by atoms with van der Waals surface area (Å²) in [5.74, 6) is 1.04. The van der Waals surface area contributed by atoms with E-state index in [1.165, 1.54) is 12.8 Å². The first kappa shape index (κ1) is 12.7. The van der Waals surface area contributed by atoms with E-state index < -0.39 is 0 Å². The zero-order valence-corrected chi connectivity index (χ0v) is 11.3. The maximum atomic E-state index is 5.67. The molecule has 1 atom stereocenters. The first-order chi connectivity index (χ1) is 9.33. The molecule has 104 valence electrons. The molecule has 0 bridgehead atoms. The van der Waals surface area contributed by atoms with E-state index in [1.807, 2.05) is 12.1 Å². The maximum Gasteiger partial charge on any atom is 0.128 e. The minimum Gasteiger partial charge on any atom is -0.397 e. The van der Waals surface area contributed by atoms with E-state index >= 15 is 0 Å². The highest BCUT2D eigenvalue weighted by molar-refractivity contribution is 5.46. The Balaban J connectivity index is 1.55. The highest BCUT2D eigenvalue weighted by Gasteiger charge is 2.25. The van der Waals surface area contributed by atoms with Gasteiger partial charge in [0, 0.05) is 38.8 Å². The van der Waals surface area contributed by atoms with Gasteiger partial charge in [0.05, 0.1) is 18.5 Å². The number of ether oxygens (including phenoxy) is 1. The summed E-state index contributed by atoms with van der Waals surface area (Å²) in [6.07, 6.45) is 4.21. The molecular weight excluding hydrogens is 240 g/mol. The number of anilines is 2. The number of nitrogen functional groups attached to an aromatic ring is 1. The van der Waals surface area contributed by atoms with Gasteiger partial charge in [-0.2, -0.15) is 0 Å². The minimum atomic E-state index is 0.621. The van der Waals surface area contributed by atoms with Crippen LogP contribution in [-0.4, -0.2) is 55.3 Å². The lowest BCUT2D eigenvalue weighted by atomic mass is 10.1. The van der Waals surface area contributed by atoms with Crippen LogP contribution in [0.3, 0.4) is 0 Å². The fourth-order valence-corrected chi connectivity index (χ4v) is 2.91. The second-order valence-corrected chi connectivity index (χ2v) is 5.34. The van der Waals surface area contributed by atoms with Crippen LogP contribution in [0.1, 0.15) is 12.8 Å². The number of piperazine rings is 1. The molecule has 0 aromatic carbocycles. The Morgan fingerprint density at radius 3 is 2.68 bits per heavy atom. The fourth-order valence-electron chi connectivity index (χ4n) is 2.91. The molecule has 0 amide bonds. The second kappa shape index (κ2) is 5.75. The van der Waals surface area contributed by atoms with Gasteiger partial charge in [0.2, 0.25) is 0 Å². The molecular formula is C14H22N4O. The molecule has 0 saturated carbocycles. The van der Waals surface area contributed by atoms with Crippen LogP contribution in [0, 0.1) is 0 Å². The van der Waals surface area contributed by atoms with Crippen LogP contribution < -0.4 is 10.6 Å². The molecule has 2 aliphatic heterocycles. The average molecular weight is 262 g/mol. The Kier molecular flexibility index (Phi) is 3.84. The van der Waals surface area contributed by atoms with Crippen molar-refractivity contribution < 1.29 is 4.74 Å². The molecule has 5 nitrogen and oxygen atoms in total. The summed E-state index contributed by atoms with van der Waals surface area (Å²) in [7, 11) is 0. The van der Waals surface area contributed by atoms with Crippen molar-refractivity contribution in [2.75, 3.05) is 50.0 Å². The van der Waals surface area contributed by atoms with Crippen molar-refractivity contribution in [2.45, 2.75) is 18.9 Å². The number of nitrogens with zero attached hydrogens (tertiary/aromatic N) is 3. The lowest BCUT2D eigenvalue weighted by Gasteiger charge is -2.40. The van der Waals surface area contributed by atoms with E-state index in [1.54, 1.807) is 6.20 Å². The fraction of sp³-hybridized carbons (Fsp3) is 0.643. The Morgan fingerprint density at radius 2 is 2.05 bits per heavy atom. The third-order valence-electron chi connectivity index (χ3n) is 4.06. The van der Waals surface area contributed by atoms with E-state index in [0.717, 1.165) is 50.9 Å². The molecule has 1 aromatic heterocycles. The topological polar surface area (TPSA) is 54.6 Å². The van der Waals surface area contributed by atoms with Crippen LogP contribution in [0.15, 0.2) is 18.3 Å². The van der Waals surface area contributed by atoms with Gasteiger partial charge in [-0.3, -0.25) is 4.90 Å². The van der Waals surface area contributed by atoms with Crippen molar-refractivity contribution in [1.29, 1.82) is 0 Å². The smallest absolute Gasteiger partial charge is 0.128 e. The molecule has 3 rings (SSSR count). The van der Waals surface area contributed by atoms with Crippen LogP contribution in [0.25, 0.3) is 0 Å². The lowest BCUT2D eigenvalue weighted by molar-refractivity contribution is 0.0158. The van der Waals surface area contributed by atoms with Gasteiger partial charge in [0.15, 0.2) is 0 Å². The predicted octanol–water partition coefficient (Wildman–Crippen LogP) is 0.965. The van der Waals surface area contributed by atoms with Gasteiger partial charge in [0.1, 0.15) is 5.82 Å². The van der Waals surface area contributed by atoms with Gasteiger partial charge >= 0.3 is 0 Å². The predicted molar refractivity (Wildman–Crippen MR) is 76.3 cm³/mol. The van der Waals surface area contributed by atoms with E-state index in [0.29, 0.717) is 6.04 Å². The van der Waals surface area contributed by atoms with Crippen molar-refractivity contribution in [1.82, 2.24) is 9.88 Å². The largest absolute Gasteiger partial charge is 0.397 e. The van der Waals surface area contributed by atoms with E-state index in [-0.39, 0.29) is 0 Å². The van der Waals surface area contributed by atoms with Gasteiger partial charge in [-0.1, -0.05) is 0 Å². The van der Waals surface area contributed by atoms with Crippen molar-refractivity contribution in [3.8, 4) is 0 Å². The first-order valence-corrected chi connectivity index (χ1v) is 7.11. The number of pyridine rings is 1. The highest BCUT2D eigenvalue weighted by Crippen LogP contribution is 2.19. The molecule has 5 heteroatoms. The van der Waals surface area contributed by atoms with Gasteiger partial charge in [-0.25, -0.2) is 4.98 Å². The molecule has 1 unspecified atom stereocenters. The third-order valence-corrected chi connectivity index (χ3v) is 4.06. The molecule has 0 aliphatic carbocycles. The van der Waals surface area contributed by atoms with Gasteiger partial charge in [-0.05, 0) is 25.0 Å². The lowest BCUT2D eigenvalue weighted by Crippen LogP contribution is -2.52. The summed E-state index contributed by atoms with van der Waals surface area (Å²) in [6, 6.07) is 4.55. The Labute approximate surface area is 114 Å². The molecule has 2 fully saturated rings. The molecule has 1 aromatic rings. The zero-order valence-electron chi connectivity index (χ0n) is 11.3. The van der Waals surface area contributed by atoms with E-state index in [4.69, 9.17) is 10.5 Å². The molecule has 2 N–H and O–H groups in total. The Morgan fingerprint density at radius 1 is 1.21 bits per heavy atom. The standard InChI is InChI=1S/C14H22N4O/c15-12-3-4-14(16-10-12)18-7-5-17(6-8-18)13-2-1-9-19-11-13/h3-4,10,13H,1-2,5-9,11,15H2. The van der Waals surface area contributed by atoms with Crippen molar-refractivity contribution >= 4 is 11.5 Å². The van der Waals surface area contributed by atoms with E-state index in [9.17, 15) is 0 Å². The first-order valence-electron chi connectivity index (χ1n) is 7.11. The van der Waals surface area contributed by atoms with Crippen LogP contribution in [0.5, 0.6) is 0 Å². The molecule has 3 heterocycles. The van der Waals surface area contributed by atoms with E-state index in [2.05, 4.69) is 14.8 Å². The van der Waals surface area contributed by atoms with Crippen LogP contribution >= 0.6 is 0 Å². The summed E-state index contributed by atoms with van der Waals surface area (Å²) in [5, 5.41) is 0. The normalized spacial score (nSPS) is 25.5. The van der Waals surface area contributed by atoms with Gasteiger partial charge < -0.3 is 15.4 Å². The van der Waals surface area contributed by atoms with Crippen LogP contribution in [-0.2, 0) is 4.74 Å². The van der Waals surface area contributed by atoms with Crippen molar-refractivity contribution in [3.63, 3.8) is 0 Å². The Hall–Kier alpha value is -1.33. The summed E-state index contributed by atoms with van der Waals surface area (Å²) < 4.78 is 5.58. The molecule has 0 radical (unpaired) electrons. The molecule has 0 spiro atoms. The monoisotopic (exact) mass is 262 g/mol. The summed E-state index contributed by atoms with van der Waals surface area (Å²) in [6.45, 7) is 6.10. The molecule has 19 heavy (non-hydrogen) atoms. The second-order valence-electron chi connectivity index (χ2n) is 5.34. The van der Waals surface area contributed by atoms with Crippen molar-refractivity contribution in [2.24, 2.45) is 0 Å². The van der Waals surface area contributed by atoms with Crippen LogP contribution in [0.2, 0.25) is 0 Å². The number of hydrogen-bond donors (Lipinski definition) is 1. The quantitative estimate of drug-likeness (QED) is 0.860. The highest BCUT2D eigenvalue weighted by atomic mass is 16.5. The maximum absolute atomic E-state index is 5.67. The molecule has 2 aliphatic rings. The van der Waals surface area contributed by atoms with Gasteiger partial charge in [0.25, 0.3) is 0 Å². The summed E-state index contributed by atoms with van der Waals surface area (Å²) in [5.41, 5.74) is 6.40. The zero-order chi connectivity index (χ0) is 13.1. The number of hydrogen-bond acceptors (Lipinski definition) is 5. The van der Waals surface area contributed by atoms with Crippen LogP contribution in [0.4, 0.5) is 11.5 Å². The number of aromatic nitrogens is 1. The number of rotatable bonds is 2. The molecule has 2 saturated heterocycles. The minimum absolute atomic E-state index is 0.621. The SMILES string of the molecule is Nc1ccc(N2CCN(C3CCCOC3)CC2)nc1. The van der Waals surface area contributed by atoms with Crippen molar-refractivity contribution in [3.05, 3.63) is 18.3 Å². The summed E-state index contributed by atoms with van der Waals surface area (Å²) >= 11 is 0. The third kappa shape index (κ3) is 2.98.